The lowest BCUT2D eigenvalue weighted by atomic mass is 9.95. The maximum Gasteiger partial charge on any atom is 0.416 e. The summed E-state index contributed by atoms with van der Waals surface area (Å²) in [5, 5.41) is 11.5. The molecule has 2 N–H and O–H groups in total. The van der Waals surface area contributed by atoms with Gasteiger partial charge in [-0.3, -0.25) is 9.79 Å². The van der Waals surface area contributed by atoms with Crippen molar-refractivity contribution in [2.24, 2.45) is 4.99 Å². The molecule has 214 valence electrons. The third kappa shape index (κ3) is 6.64. The highest BCUT2D eigenvalue weighted by molar-refractivity contribution is 6.00. The van der Waals surface area contributed by atoms with Crippen molar-refractivity contribution in [3.8, 4) is 28.4 Å². The maximum atomic E-state index is 13.9. The zero-order valence-corrected chi connectivity index (χ0v) is 22.5. The number of methoxy groups -OCH3 is 2. The molecule has 1 heterocycles. The van der Waals surface area contributed by atoms with Crippen LogP contribution in [0.3, 0.4) is 0 Å². The summed E-state index contributed by atoms with van der Waals surface area (Å²) in [5.41, 5.74) is -1.19. The number of H-pyrrole nitrogens is 1. The maximum absolute atomic E-state index is 13.9. The average Bonchev–Trinajstić information content (AvgIpc) is 2.89. The van der Waals surface area contributed by atoms with Crippen LogP contribution >= 0.6 is 0 Å². The van der Waals surface area contributed by atoms with E-state index < -0.39 is 28.9 Å². The average molecular weight is 563 g/mol. The highest BCUT2D eigenvalue weighted by atomic mass is 19.4. The minimum atomic E-state index is -4.75. The Morgan fingerprint density at radius 3 is 2.30 bits per heavy atom. The van der Waals surface area contributed by atoms with Crippen LogP contribution in [0.4, 0.5) is 17.6 Å². The van der Waals surface area contributed by atoms with E-state index in [0.717, 1.165) is 18.6 Å². The van der Waals surface area contributed by atoms with Gasteiger partial charge in [0.2, 0.25) is 5.90 Å². The van der Waals surface area contributed by atoms with Crippen molar-refractivity contribution in [1.29, 1.82) is 0 Å². The number of benzene rings is 2. The van der Waals surface area contributed by atoms with E-state index in [4.69, 9.17) is 14.2 Å². The van der Waals surface area contributed by atoms with Crippen LogP contribution in [0, 0.1) is 5.82 Å². The molecule has 3 aromatic rings. The Morgan fingerprint density at radius 1 is 1.10 bits per heavy atom. The van der Waals surface area contributed by atoms with Gasteiger partial charge in [0, 0.05) is 19.2 Å². The van der Waals surface area contributed by atoms with E-state index in [0.29, 0.717) is 41.7 Å². The molecule has 0 unspecified atom stereocenters. The number of ether oxygens (including phenoxy) is 3. The molecule has 0 saturated carbocycles. The molecule has 40 heavy (non-hydrogen) atoms. The van der Waals surface area contributed by atoms with Gasteiger partial charge in [0.15, 0.2) is 0 Å². The summed E-state index contributed by atoms with van der Waals surface area (Å²) in [6.07, 6.45) is -3.13. The molecule has 0 atom stereocenters. The number of nitrogens with zero attached hydrogens (tertiary/aromatic N) is 1. The van der Waals surface area contributed by atoms with E-state index in [-0.39, 0.29) is 34.8 Å². The summed E-state index contributed by atoms with van der Waals surface area (Å²) in [5.74, 6) is -1.27. The third-order valence-corrected chi connectivity index (χ3v) is 6.07. The van der Waals surface area contributed by atoms with E-state index >= 15 is 0 Å². The number of aryl methyl sites for hydroxylation is 1. The lowest BCUT2D eigenvalue weighted by Crippen LogP contribution is -2.23. The monoisotopic (exact) mass is 562 g/mol. The Labute approximate surface area is 228 Å². The first-order chi connectivity index (χ1) is 18.9. The van der Waals surface area contributed by atoms with Crippen molar-refractivity contribution in [2.45, 2.75) is 38.8 Å². The Balaban J connectivity index is 2.09. The van der Waals surface area contributed by atoms with E-state index in [1.54, 1.807) is 18.2 Å². The summed E-state index contributed by atoms with van der Waals surface area (Å²) in [6, 6.07) is 7.14. The van der Waals surface area contributed by atoms with Crippen molar-refractivity contribution in [1.82, 2.24) is 4.98 Å². The van der Waals surface area contributed by atoms with Crippen molar-refractivity contribution < 1.29 is 36.9 Å². The Kier molecular flexibility index (Phi) is 9.62. The second kappa shape index (κ2) is 12.7. The van der Waals surface area contributed by atoms with Crippen molar-refractivity contribution >= 4 is 5.90 Å². The van der Waals surface area contributed by atoms with Gasteiger partial charge in [0.25, 0.3) is 5.56 Å². The van der Waals surface area contributed by atoms with Crippen molar-refractivity contribution in [3.63, 3.8) is 0 Å². The number of hydrogen-bond acceptors (Lipinski definition) is 6. The fraction of sp³-hybridized carbons (Fsp3) is 0.310. The van der Waals surface area contributed by atoms with Crippen LogP contribution in [0.1, 0.15) is 42.1 Å². The molecular weight excluding hydrogens is 532 g/mol. The molecule has 0 aliphatic heterocycles. The molecule has 1 aromatic heterocycles. The molecule has 0 spiro atoms. The molecular formula is C29H30F4N2O5. The van der Waals surface area contributed by atoms with Gasteiger partial charge in [0.05, 0.1) is 30.9 Å². The Morgan fingerprint density at radius 2 is 1.75 bits per heavy atom. The van der Waals surface area contributed by atoms with Gasteiger partial charge in [-0.1, -0.05) is 26.0 Å². The number of allylic oxidation sites excluding steroid dienone is 1. The van der Waals surface area contributed by atoms with Crippen LogP contribution in [0.5, 0.6) is 17.2 Å². The quantitative estimate of drug-likeness (QED) is 0.129. The Bertz CT molecular complexity index is 1460. The van der Waals surface area contributed by atoms with Crippen LogP contribution in [-0.2, 0) is 23.8 Å². The van der Waals surface area contributed by atoms with Crippen molar-refractivity contribution in [2.75, 3.05) is 21.3 Å². The fourth-order valence-electron chi connectivity index (χ4n) is 4.27. The first kappa shape index (κ1) is 30.3. The molecule has 0 saturated heterocycles. The number of aromatic hydroxyl groups is 1. The van der Waals surface area contributed by atoms with Crippen molar-refractivity contribution in [3.05, 3.63) is 87.3 Å². The van der Waals surface area contributed by atoms with E-state index in [2.05, 4.69) is 16.6 Å². The van der Waals surface area contributed by atoms with Crippen LogP contribution < -0.4 is 15.0 Å². The molecule has 0 radical (unpaired) electrons. The lowest BCUT2D eigenvalue weighted by Gasteiger charge is -2.20. The molecule has 0 aliphatic rings. The number of nitrogens with one attached hydrogen (secondary N) is 1. The smallest absolute Gasteiger partial charge is 0.416 e. The van der Waals surface area contributed by atoms with Gasteiger partial charge in [-0.2, -0.15) is 13.2 Å². The number of aliphatic imine (C=N–C) groups is 1. The predicted octanol–water partition coefficient (Wildman–Crippen LogP) is 6.41. The minimum absolute atomic E-state index is 0.0553. The molecule has 7 nitrogen and oxygen atoms in total. The standard InChI is InChI=1S/C29H30F4N2O5/c1-6-7-9-20-23(24-21(38-4)10-8-11-22(24)39-5)26(36)25(27(37)35-20)28(34-3)40-16(2)12-17-13-18(29(31,32)33)15-19(30)14-17/h8,10-11,13-15H,2,6-7,9,12H2,1,3-5H3,(H2,35,36,37). The lowest BCUT2D eigenvalue weighted by molar-refractivity contribution is -0.137. The molecule has 0 amide bonds. The van der Waals surface area contributed by atoms with Gasteiger partial charge in [-0.05, 0) is 48.7 Å². The molecule has 0 fully saturated rings. The normalized spacial score (nSPS) is 11.8. The molecule has 0 aliphatic carbocycles. The number of alkyl halides is 3. The van der Waals surface area contributed by atoms with Gasteiger partial charge in [0.1, 0.15) is 34.4 Å². The number of rotatable bonds is 10. The summed E-state index contributed by atoms with van der Waals surface area (Å²) >= 11 is 0. The molecule has 11 heteroatoms. The SMILES string of the molecule is C=C(Cc1cc(F)cc(C(F)(F)F)c1)OC(=NC)c1c(O)c(-c2c(OC)cccc2OC)c(CCCC)[nH]c1=O. The number of aromatic nitrogens is 1. The zero-order chi connectivity index (χ0) is 29.6. The fourth-order valence-corrected chi connectivity index (χ4v) is 4.27. The van der Waals surface area contributed by atoms with Crippen LogP contribution in [0.2, 0.25) is 0 Å². The number of unbranched alkanes of at least 4 members (excludes halogenated alkanes) is 1. The van der Waals surface area contributed by atoms with Crippen LogP contribution in [0.25, 0.3) is 11.1 Å². The van der Waals surface area contributed by atoms with E-state index in [1.165, 1.54) is 21.3 Å². The summed E-state index contributed by atoms with van der Waals surface area (Å²) in [6.45, 7) is 5.68. The Hall–Kier alpha value is -4.28. The van der Waals surface area contributed by atoms with E-state index in [9.17, 15) is 27.5 Å². The summed E-state index contributed by atoms with van der Waals surface area (Å²) < 4.78 is 70.0. The summed E-state index contributed by atoms with van der Waals surface area (Å²) in [4.78, 5) is 20.0. The molecule has 2 aromatic carbocycles. The topological polar surface area (TPSA) is 93.1 Å². The number of halogens is 4. The summed E-state index contributed by atoms with van der Waals surface area (Å²) in [7, 11) is 4.21. The largest absolute Gasteiger partial charge is 0.506 e. The highest BCUT2D eigenvalue weighted by Crippen LogP contribution is 2.45. The van der Waals surface area contributed by atoms with Crippen LogP contribution in [0.15, 0.2) is 58.5 Å². The van der Waals surface area contributed by atoms with Gasteiger partial charge >= 0.3 is 6.18 Å². The number of pyridine rings is 1. The van der Waals surface area contributed by atoms with Crippen LogP contribution in [-0.4, -0.2) is 37.3 Å². The second-order valence-corrected chi connectivity index (χ2v) is 8.86. The predicted molar refractivity (Wildman–Crippen MR) is 144 cm³/mol. The van der Waals surface area contributed by atoms with Gasteiger partial charge in [-0.15, -0.1) is 0 Å². The minimum Gasteiger partial charge on any atom is -0.506 e. The first-order valence-corrected chi connectivity index (χ1v) is 12.3. The zero-order valence-electron chi connectivity index (χ0n) is 22.5. The number of aromatic amines is 1. The van der Waals surface area contributed by atoms with E-state index in [1.807, 2.05) is 6.92 Å². The highest BCUT2D eigenvalue weighted by Gasteiger charge is 2.32. The third-order valence-electron chi connectivity index (χ3n) is 6.07. The second-order valence-electron chi connectivity index (χ2n) is 8.86. The molecule has 0 bridgehead atoms. The van der Waals surface area contributed by atoms with Gasteiger partial charge < -0.3 is 24.3 Å². The number of hydrogen-bond donors (Lipinski definition) is 2. The van der Waals surface area contributed by atoms with Gasteiger partial charge in [-0.25, -0.2) is 4.39 Å². The molecule has 3 rings (SSSR count). The first-order valence-electron chi connectivity index (χ1n) is 12.3.